The molecule has 0 fully saturated rings. The summed E-state index contributed by atoms with van der Waals surface area (Å²) in [5, 5.41) is 6.18. The average molecular weight is 445 g/mol. The number of hydrogen-bond donors (Lipinski definition) is 1. The highest BCUT2D eigenvalue weighted by molar-refractivity contribution is 6.04. The number of nitrogens with zero attached hydrogens (tertiary/aromatic N) is 4. The molecule has 4 aromatic rings. The third kappa shape index (κ3) is 4.33. The van der Waals surface area contributed by atoms with Gasteiger partial charge in [0, 0.05) is 14.1 Å². The zero-order chi connectivity index (χ0) is 23.4. The lowest BCUT2D eigenvalue weighted by molar-refractivity contribution is 0.101. The molecular weight excluding hydrogens is 422 g/mol. The molecule has 1 N–H and O–H groups in total. The molecule has 0 bridgehead atoms. The number of nitrogens with one attached hydrogen (secondary N) is 1. The lowest BCUT2D eigenvalue weighted by Gasteiger charge is -2.31. The summed E-state index contributed by atoms with van der Waals surface area (Å²) in [5.74, 6) is -0.466. The predicted molar refractivity (Wildman–Crippen MR) is 124 cm³/mol. The van der Waals surface area contributed by atoms with Gasteiger partial charge >= 0.3 is 0 Å². The summed E-state index contributed by atoms with van der Waals surface area (Å²) in [6, 6.07) is 19.5. The van der Waals surface area contributed by atoms with Crippen molar-refractivity contribution in [3.05, 3.63) is 100 Å². The van der Waals surface area contributed by atoms with Crippen molar-refractivity contribution in [2.75, 3.05) is 24.4 Å². The van der Waals surface area contributed by atoms with E-state index in [1.165, 1.54) is 24.1 Å². The summed E-state index contributed by atoms with van der Waals surface area (Å²) in [4.78, 5) is 32.5. The maximum atomic E-state index is 13.1. The van der Waals surface area contributed by atoms with Gasteiger partial charge < -0.3 is 19.5 Å². The molecule has 168 valence electrons. The van der Waals surface area contributed by atoms with Crippen LogP contribution in [-0.2, 0) is 7.05 Å². The van der Waals surface area contributed by atoms with Crippen LogP contribution in [0, 0.1) is 0 Å². The van der Waals surface area contributed by atoms with Crippen LogP contribution in [0.4, 0.5) is 11.6 Å². The van der Waals surface area contributed by atoms with Crippen LogP contribution in [0.15, 0.2) is 82.4 Å². The molecule has 2 aromatic heterocycles. The Bertz CT molecular complexity index is 1250. The Morgan fingerprint density at radius 3 is 2.21 bits per heavy atom. The second-order valence-electron chi connectivity index (χ2n) is 7.36. The number of benzene rings is 2. The highest BCUT2D eigenvalue weighted by atomic mass is 16.5. The fourth-order valence-corrected chi connectivity index (χ4v) is 3.71. The summed E-state index contributed by atoms with van der Waals surface area (Å²) < 4.78 is 11.4. The van der Waals surface area contributed by atoms with Crippen LogP contribution in [0.25, 0.3) is 0 Å². The lowest BCUT2D eigenvalue weighted by Crippen LogP contribution is -2.35. The number of anilines is 2. The van der Waals surface area contributed by atoms with Crippen LogP contribution in [0.2, 0.25) is 0 Å². The highest BCUT2D eigenvalue weighted by Gasteiger charge is 2.27. The third-order valence-electron chi connectivity index (χ3n) is 5.27. The largest absolute Gasteiger partial charge is 0.489 e. The van der Waals surface area contributed by atoms with Gasteiger partial charge in [0.25, 0.3) is 11.5 Å². The van der Waals surface area contributed by atoms with Gasteiger partial charge in [-0.05, 0) is 11.1 Å². The van der Waals surface area contributed by atoms with Crippen molar-refractivity contribution in [1.29, 1.82) is 0 Å². The summed E-state index contributed by atoms with van der Waals surface area (Å²) in [6.45, 7) is 0. The molecule has 0 aliphatic rings. The molecule has 4 rings (SSSR count). The van der Waals surface area contributed by atoms with Crippen molar-refractivity contribution in [1.82, 2.24) is 14.7 Å². The molecule has 0 unspecified atom stereocenters. The van der Waals surface area contributed by atoms with Gasteiger partial charge in [-0.15, -0.1) is 0 Å². The van der Waals surface area contributed by atoms with Crippen molar-refractivity contribution >= 4 is 17.5 Å². The smallest absolute Gasteiger partial charge is 0.297 e. The number of amides is 1. The maximum Gasteiger partial charge on any atom is 0.297 e. The zero-order valence-corrected chi connectivity index (χ0v) is 18.4. The standard InChI is InChI=1S/C24H23N5O4/c1-28(20(16-10-6-4-7-11-16)17-12-8-5-9-13-17)24-27-19(21(32-3)23(31)29(24)2)22(30)26-18-14-25-33-15-18/h4-15,20H,1-3H3,(H,26,30). The van der Waals surface area contributed by atoms with Gasteiger partial charge in [0.05, 0.1) is 19.3 Å². The van der Waals surface area contributed by atoms with Crippen LogP contribution in [0.1, 0.15) is 27.7 Å². The van der Waals surface area contributed by atoms with E-state index in [0.29, 0.717) is 11.6 Å². The van der Waals surface area contributed by atoms with Crippen LogP contribution in [0.3, 0.4) is 0 Å². The van der Waals surface area contributed by atoms with E-state index >= 15 is 0 Å². The first kappa shape index (κ1) is 21.8. The van der Waals surface area contributed by atoms with Crippen LogP contribution in [0.5, 0.6) is 5.75 Å². The zero-order valence-electron chi connectivity index (χ0n) is 18.4. The van der Waals surface area contributed by atoms with Gasteiger partial charge in [-0.3, -0.25) is 14.2 Å². The van der Waals surface area contributed by atoms with Gasteiger partial charge in [0.2, 0.25) is 11.7 Å². The molecule has 0 radical (unpaired) electrons. The number of rotatable bonds is 7. The third-order valence-corrected chi connectivity index (χ3v) is 5.27. The molecule has 2 aromatic carbocycles. The molecule has 2 heterocycles. The first-order valence-corrected chi connectivity index (χ1v) is 10.2. The summed E-state index contributed by atoms with van der Waals surface area (Å²) in [6.07, 6.45) is 2.62. The molecule has 33 heavy (non-hydrogen) atoms. The summed E-state index contributed by atoms with van der Waals surface area (Å²) in [5.41, 5.74) is 1.73. The molecule has 0 atom stereocenters. The first-order valence-electron chi connectivity index (χ1n) is 10.2. The van der Waals surface area contributed by atoms with Crippen LogP contribution < -0.4 is 20.5 Å². The number of ether oxygens (including phenoxy) is 1. The minimum absolute atomic E-state index is 0.136. The Labute approximate surface area is 190 Å². The maximum absolute atomic E-state index is 13.1. The van der Waals surface area contributed by atoms with Crippen LogP contribution >= 0.6 is 0 Å². The fraction of sp³-hybridized carbons (Fsp3) is 0.167. The quantitative estimate of drug-likeness (QED) is 0.466. The minimum atomic E-state index is -0.613. The van der Waals surface area contributed by atoms with E-state index < -0.39 is 11.5 Å². The lowest BCUT2D eigenvalue weighted by atomic mass is 9.97. The molecule has 0 aliphatic carbocycles. The molecule has 0 aliphatic heterocycles. The Balaban J connectivity index is 1.83. The number of methoxy groups -OCH3 is 1. The van der Waals surface area contributed by atoms with E-state index in [1.807, 2.05) is 72.6 Å². The molecular formula is C24H23N5O4. The van der Waals surface area contributed by atoms with Crippen molar-refractivity contribution in [2.24, 2.45) is 7.05 Å². The normalized spacial score (nSPS) is 10.8. The Morgan fingerprint density at radius 1 is 1.09 bits per heavy atom. The Kier molecular flexibility index (Phi) is 6.21. The van der Waals surface area contributed by atoms with E-state index in [0.717, 1.165) is 11.1 Å². The second-order valence-corrected chi connectivity index (χ2v) is 7.36. The fourth-order valence-electron chi connectivity index (χ4n) is 3.71. The molecule has 0 saturated carbocycles. The number of hydrogen-bond acceptors (Lipinski definition) is 7. The summed E-state index contributed by atoms with van der Waals surface area (Å²) in [7, 11) is 4.76. The van der Waals surface area contributed by atoms with Crippen LogP contribution in [-0.4, -0.2) is 34.8 Å². The number of carbonyl (C=O) groups excluding carboxylic acids is 1. The van der Waals surface area contributed by atoms with E-state index in [4.69, 9.17) is 9.26 Å². The molecule has 9 heteroatoms. The van der Waals surface area contributed by atoms with Gasteiger partial charge in [-0.1, -0.05) is 65.8 Å². The molecule has 9 nitrogen and oxygen atoms in total. The summed E-state index contributed by atoms with van der Waals surface area (Å²) >= 11 is 0. The van der Waals surface area contributed by atoms with Gasteiger partial charge in [-0.25, -0.2) is 4.98 Å². The Morgan fingerprint density at radius 2 is 1.70 bits per heavy atom. The molecule has 0 spiro atoms. The van der Waals surface area contributed by atoms with Crippen molar-refractivity contribution < 1.29 is 14.1 Å². The topological polar surface area (TPSA) is 102 Å². The van der Waals surface area contributed by atoms with Crippen molar-refractivity contribution in [3.63, 3.8) is 0 Å². The van der Waals surface area contributed by atoms with E-state index in [9.17, 15) is 9.59 Å². The first-order chi connectivity index (χ1) is 16.0. The van der Waals surface area contributed by atoms with Crippen molar-refractivity contribution in [3.8, 4) is 5.75 Å². The average Bonchev–Trinajstić information content (AvgIpc) is 3.35. The van der Waals surface area contributed by atoms with E-state index in [1.54, 1.807) is 7.05 Å². The van der Waals surface area contributed by atoms with Gasteiger partial charge in [0.15, 0.2) is 5.69 Å². The second kappa shape index (κ2) is 9.39. The van der Waals surface area contributed by atoms with Gasteiger partial charge in [-0.2, -0.15) is 0 Å². The molecule has 0 saturated heterocycles. The SMILES string of the molecule is COc1c(C(=O)Nc2cnoc2)nc(N(C)C(c2ccccc2)c2ccccc2)n(C)c1=O. The van der Waals surface area contributed by atoms with Gasteiger partial charge in [0.1, 0.15) is 12.0 Å². The monoisotopic (exact) mass is 445 g/mol. The minimum Gasteiger partial charge on any atom is -0.489 e. The van der Waals surface area contributed by atoms with E-state index in [-0.39, 0.29) is 17.5 Å². The Hall–Kier alpha value is -4.40. The number of aromatic nitrogens is 3. The number of carbonyl (C=O) groups is 1. The van der Waals surface area contributed by atoms with E-state index in [2.05, 4.69) is 15.5 Å². The van der Waals surface area contributed by atoms with Crippen molar-refractivity contribution in [2.45, 2.75) is 6.04 Å². The highest BCUT2D eigenvalue weighted by Crippen LogP contribution is 2.31. The predicted octanol–water partition coefficient (Wildman–Crippen LogP) is 3.26. The molecule has 1 amide bonds.